The molecule has 60 valence electrons. The maximum absolute atomic E-state index is 4.25. The van der Waals surface area contributed by atoms with Crippen LogP contribution in [-0.2, 0) is 0 Å². The maximum Gasteiger partial charge on any atom is 0.0407 e. The number of hydrogen-bond acceptors (Lipinski definition) is 1. The van der Waals surface area contributed by atoms with Crippen LogP contribution in [0, 0.1) is 5.92 Å². The number of hydrogen-bond donors (Lipinski definition) is 0. The topological polar surface area (TPSA) is 12.4 Å². The summed E-state index contributed by atoms with van der Waals surface area (Å²) < 4.78 is 0. The highest BCUT2D eigenvalue weighted by atomic mass is 14.7. The molecule has 0 spiro atoms. The van der Waals surface area contributed by atoms with E-state index in [9.17, 15) is 0 Å². The summed E-state index contributed by atoms with van der Waals surface area (Å²) in [5.41, 5.74) is 2.55. The van der Waals surface area contributed by atoms with Crippen molar-refractivity contribution in [3.8, 4) is 0 Å². The maximum atomic E-state index is 4.25. The largest absolute Gasteiger partial charge is 0.262 e. The predicted octanol–water partition coefficient (Wildman–Crippen LogP) is 2.95. The first-order chi connectivity index (χ1) is 5.29. The van der Waals surface area contributed by atoms with Gasteiger partial charge in [-0.2, -0.15) is 0 Å². The third-order valence-electron chi connectivity index (χ3n) is 2.15. The highest BCUT2D eigenvalue weighted by Crippen LogP contribution is 2.21. The summed E-state index contributed by atoms with van der Waals surface area (Å²) in [6.07, 6.45) is 7.42. The summed E-state index contributed by atoms with van der Waals surface area (Å²) in [4.78, 5) is 4.25. The smallest absolute Gasteiger partial charge is 0.0407 e. The number of aliphatic imine (C=N–C) groups is 1. The van der Waals surface area contributed by atoms with Gasteiger partial charge in [0.25, 0.3) is 0 Å². The SMILES string of the molecule is C/C=C1/C(C)=NC=CC1CC. The molecule has 0 amide bonds. The molecule has 1 heteroatoms. The Morgan fingerprint density at radius 2 is 2.36 bits per heavy atom. The van der Waals surface area contributed by atoms with E-state index in [0.717, 1.165) is 0 Å². The fraction of sp³-hybridized carbons (Fsp3) is 0.500. The minimum atomic E-state index is 0.595. The van der Waals surface area contributed by atoms with Crippen LogP contribution in [0.5, 0.6) is 0 Å². The first kappa shape index (κ1) is 8.25. The van der Waals surface area contributed by atoms with E-state index in [0.29, 0.717) is 5.92 Å². The molecule has 0 saturated heterocycles. The molecule has 0 fully saturated rings. The highest BCUT2D eigenvalue weighted by Gasteiger charge is 2.12. The van der Waals surface area contributed by atoms with Crippen molar-refractivity contribution < 1.29 is 0 Å². The van der Waals surface area contributed by atoms with Gasteiger partial charge in [0, 0.05) is 17.8 Å². The zero-order valence-corrected chi connectivity index (χ0v) is 7.46. The van der Waals surface area contributed by atoms with Crippen molar-refractivity contribution in [3.63, 3.8) is 0 Å². The van der Waals surface area contributed by atoms with E-state index in [1.165, 1.54) is 17.7 Å². The van der Waals surface area contributed by atoms with Crippen molar-refractivity contribution >= 4 is 5.71 Å². The van der Waals surface area contributed by atoms with Crippen LogP contribution < -0.4 is 0 Å². The van der Waals surface area contributed by atoms with Gasteiger partial charge in [-0.25, -0.2) is 0 Å². The fourth-order valence-corrected chi connectivity index (χ4v) is 1.48. The van der Waals surface area contributed by atoms with E-state index in [-0.39, 0.29) is 0 Å². The number of rotatable bonds is 1. The van der Waals surface area contributed by atoms with Crippen LogP contribution in [0.15, 0.2) is 28.9 Å². The quantitative estimate of drug-likeness (QED) is 0.543. The summed E-state index contributed by atoms with van der Waals surface area (Å²) in [6.45, 7) is 6.36. The number of allylic oxidation sites excluding steroid dienone is 3. The molecule has 1 atom stereocenters. The van der Waals surface area contributed by atoms with Crippen molar-refractivity contribution in [2.75, 3.05) is 0 Å². The van der Waals surface area contributed by atoms with Crippen LogP contribution in [0.4, 0.5) is 0 Å². The Morgan fingerprint density at radius 3 is 2.82 bits per heavy atom. The van der Waals surface area contributed by atoms with Gasteiger partial charge in [0.2, 0.25) is 0 Å². The molecule has 1 aliphatic rings. The summed E-state index contributed by atoms with van der Waals surface area (Å²) in [6, 6.07) is 0. The van der Waals surface area contributed by atoms with Gasteiger partial charge < -0.3 is 0 Å². The summed E-state index contributed by atoms with van der Waals surface area (Å²) in [5.74, 6) is 0.595. The first-order valence-corrected chi connectivity index (χ1v) is 4.17. The van der Waals surface area contributed by atoms with Crippen LogP contribution in [-0.4, -0.2) is 5.71 Å². The minimum absolute atomic E-state index is 0.595. The van der Waals surface area contributed by atoms with Crippen LogP contribution in [0.25, 0.3) is 0 Å². The standard InChI is InChI=1S/C10H15N/c1-4-9-6-7-11-8(3)10(9)5-2/h5-7,9H,4H2,1-3H3/b10-5-. The molecule has 1 heterocycles. The average molecular weight is 149 g/mol. The zero-order valence-electron chi connectivity index (χ0n) is 7.46. The van der Waals surface area contributed by atoms with Crippen molar-refractivity contribution in [3.05, 3.63) is 23.9 Å². The Labute approximate surface area is 68.5 Å². The molecule has 1 aliphatic heterocycles. The molecule has 1 unspecified atom stereocenters. The van der Waals surface area contributed by atoms with Gasteiger partial charge >= 0.3 is 0 Å². The molecule has 0 aromatic rings. The van der Waals surface area contributed by atoms with Gasteiger partial charge in [0.15, 0.2) is 0 Å². The van der Waals surface area contributed by atoms with E-state index in [2.05, 4.69) is 37.9 Å². The molecule has 0 aromatic carbocycles. The van der Waals surface area contributed by atoms with Crippen molar-refractivity contribution in [1.29, 1.82) is 0 Å². The fourth-order valence-electron chi connectivity index (χ4n) is 1.48. The second-order valence-corrected chi connectivity index (χ2v) is 2.81. The lowest BCUT2D eigenvalue weighted by Crippen LogP contribution is -2.10. The Morgan fingerprint density at radius 1 is 1.64 bits per heavy atom. The minimum Gasteiger partial charge on any atom is -0.262 e. The lowest BCUT2D eigenvalue weighted by atomic mass is 9.91. The van der Waals surface area contributed by atoms with Gasteiger partial charge in [-0.3, -0.25) is 4.99 Å². The average Bonchev–Trinajstić information content (AvgIpc) is 2.04. The monoisotopic (exact) mass is 149 g/mol. The molecule has 0 aromatic heterocycles. The van der Waals surface area contributed by atoms with Gasteiger partial charge in [-0.1, -0.05) is 19.1 Å². The molecular formula is C10H15N. The third-order valence-corrected chi connectivity index (χ3v) is 2.15. The zero-order chi connectivity index (χ0) is 8.27. The Balaban J connectivity index is 2.88. The molecular weight excluding hydrogens is 134 g/mol. The molecule has 0 bridgehead atoms. The Hall–Kier alpha value is -0.850. The van der Waals surface area contributed by atoms with E-state index in [1.807, 2.05) is 6.20 Å². The van der Waals surface area contributed by atoms with E-state index >= 15 is 0 Å². The van der Waals surface area contributed by atoms with Gasteiger partial charge in [-0.05, 0) is 25.8 Å². The molecule has 1 rings (SSSR count). The molecule has 0 radical (unpaired) electrons. The second-order valence-electron chi connectivity index (χ2n) is 2.81. The molecule has 1 nitrogen and oxygen atoms in total. The molecule has 11 heavy (non-hydrogen) atoms. The summed E-state index contributed by atoms with van der Waals surface area (Å²) in [7, 11) is 0. The van der Waals surface area contributed by atoms with Crippen LogP contribution in [0.2, 0.25) is 0 Å². The van der Waals surface area contributed by atoms with Crippen molar-refractivity contribution in [2.45, 2.75) is 27.2 Å². The van der Waals surface area contributed by atoms with Crippen LogP contribution >= 0.6 is 0 Å². The van der Waals surface area contributed by atoms with E-state index in [4.69, 9.17) is 0 Å². The predicted molar refractivity (Wildman–Crippen MR) is 49.8 cm³/mol. The lowest BCUT2D eigenvalue weighted by molar-refractivity contribution is 0.742. The third kappa shape index (κ3) is 1.59. The lowest BCUT2D eigenvalue weighted by Gasteiger charge is -2.17. The first-order valence-electron chi connectivity index (χ1n) is 4.17. The Kier molecular flexibility index (Phi) is 2.64. The summed E-state index contributed by atoms with van der Waals surface area (Å²) >= 11 is 0. The molecule has 0 N–H and O–H groups in total. The van der Waals surface area contributed by atoms with Gasteiger partial charge in [-0.15, -0.1) is 0 Å². The number of nitrogens with zero attached hydrogens (tertiary/aromatic N) is 1. The summed E-state index contributed by atoms with van der Waals surface area (Å²) in [5, 5.41) is 0. The van der Waals surface area contributed by atoms with E-state index < -0.39 is 0 Å². The molecule has 0 aliphatic carbocycles. The van der Waals surface area contributed by atoms with Gasteiger partial charge in [0.05, 0.1) is 0 Å². The van der Waals surface area contributed by atoms with E-state index in [1.54, 1.807) is 0 Å². The van der Waals surface area contributed by atoms with Crippen molar-refractivity contribution in [1.82, 2.24) is 0 Å². The van der Waals surface area contributed by atoms with Crippen LogP contribution in [0.3, 0.4) is 0 Å². The van der Waals surface area contributed by atoms with Gasteiger partial charge in [0.1, 0.15) is 0 Å². The van der Waals surface area contributed by atoms with Crippen molar-refractivity contribution in [2.24, 2.45) is 10.9 Å². The second kappa shape index (κ2) is 3.51. The highest BCUT2D eigenvalue weighted by molar-refractivity contribution is 5.99. The normalized spacial score (nSPS) is 27.4. The molecule has 0 saturated carbocycles. The van der Waals surface area contributed by atoms with Crippen LogP contribution in [0.1, 0.15) is 27.2 Å². The Bertz CT molecular complexity index is 221.